The lowest BCUT2D eigenvalue weighted by atomic mass is 9.90. The minimum Gasteiger partial charge on any atom is -0.395 e. The van der Waals surface area contributed by atoms with Crippen molar-refractivity contribution in [2.24, 2.45) is 5.92 Å². The van der Waals surface area contributed by atoms with Gasteiger partial charge in [0.1, 0.15) is 0 Å². The molecule has 0 saturated carbocycles. The Kier molecular flexibility index (Phi) is 6.02. The number of nitrogens with zero attached hydrogens (tertiary/aromatic N) is 4. The Labute approximate surface area is 157 Å². The van der Waals surface area contributed by atoms with Gasteiger partial charge >= 0.3 is 5.69 Å². The van der Waals surface area contributed by atoms with E-state index in [1.807, 2.05) is 23.1 Å². The van der Waals surface area contributed by atoms with Crippen LogP contribution in [0, 0.1) is 16.0 Å². The van der Waals surface area contributed by atoms with Crippen LogP contribution in [0.1, 0.15) is 18.4 Å². The molecular weight excluding hydrogens is 348 g/mol. The van der Waals surface area contributed by atoms with Crippen molar-refractivity contribution in [1.82, 2.24) is 9.97 Å². The van der Waals surface area contributed by atoms with Crippen LogP contribution in [-0.2, 0) is 6.42 Å². The van der Waals surface area contributed by atoms with Crippen LogP contribution in [0.5, 0.6) is 0 Å². The summed E-state index contributed by atoms with van der Waals surface area (Å²) in [5.41, 5.74) is 6.86. The number of aromatic nitrogens is 2. The maximum Gasteiger partial charge on any atom is 0.353 e. The van der Waals surface area contributed by atoms with E-state index in [9.17, 15) is 10.1 Å². The summed E-state index contributed by atoms with van der Waals surface area (Å²) < 4.78 is 0. The molecule has 1 aliphatic rings. The van der Waals surface area contributed by atoms with E-state index in [1.165, 1.54) is 5.56 Å². The van der Waals surface area contributed by atoms with Crippen molar-refractivity contribution in [3.05, 3.63) is 46.0 Å². The first kappa shape index (κ1) is 18.8. The summed E-state index contributed by atoms with van der Waals surface area (Å²) in [5.74, 6) is 0.797. The Balaban J connectivity index is 1.74. The van der Waals surface area contributed by atoms with Gasteiger partial charge in [0.2, 0.25) is 17.6 Å². The van der Waals surface area contributed by atoms with Crippen LogP contribution < -0.4 is 16.0 Å². The molecule has 1 saturated heterocycles. The average Bonchev–Trinajstić information content (AvgIpc) is 2.67. The number of nitrogens with two attached hydrogens (primary N) is 1. The Morgan fingerprint density at radius 3 is 2.59 bits per heavy atom. The fourth-order valence-corrected chi connectivity index (χ4v) is 3.40. The Bertz CT molecular complexity index is 778. The molecule has 4 N–H and O–H groups in total. The molecule has 1 aliphatic heterocycles. The lowest BCUT2D eigenvalue weighted by Gasteiger charge is -2.32. The third kappa shape index (κ3) is 4.62. The summed E-state index contributed by atoms with van der Waals surface area (Å²) >= 11 is 0. The summed E-state index contributed by atoms with van der Waals surface area (Å²) in [6, 6.07) is 10.3. The highest BCUT2D eigenvalue weighted by Gasteiger charge is 2.30. The van der Waals surface area contributed by atoms with Crippen LogP contribution in [0.4, 0.5) is 23.3 Å². The van der Waals surface area contributed by atoms with E-state index in [-0.39, 0.29) is 36.4 Å². The molecule has 1 aromatic carbocycles. The zero-order valence-corrected chi connectivity index (χ0v) is 15.0. The third-order valence-corrected chi connectivity index (χ3v) is 4.75. The maximum absolute atomic E-state index is 11.5. The highest BCUT2D eigenvalue weighted by atomic mass is 16.6. The van der Waals surface area contributed by atoms with Gasteiger partial charge in [0.05, 0.1) is 11.5 Å². The van der Waals surface area contributed by atoms with Gasteiger partial charge in [0.25, 0.3) is 0 Å². The third-order valence-electron chi connectivity index (χ3n) is 4.75. The molecule has 9 heteroatoms. The van der Waals surface area contributed by atoms with Crippen LogP contribution in [0.25, 0.3) is 0 Å². The van der Waals surface area contributed by atoms with Crippen molar-refractivity contribution in [3.63, 3.8) is 0 Å². The predicted molar refractivity (Wildman–Crippen MR) is 104 cm³/mol. The molecular formula is C18H24N6O3. The first-order chi connectivity index (χ1) is 13.1. The SMILES string of the molecule is Nc1nc(NCCO)nc(N2CCC(Cc3ccccc3)CC2)c1[N+](=O)[O-]. The van der Waals surface area contributed by atoms with Crippen LogP contribution >= 0.6 is 0 Å². The van der Waals surface area contributed by atoms with Crippen molar-refractivity contribution in [1.29, 1.82) is 0 Å². The molecule has 1 aromatic heterocycles. The quantitative estimate of drug-likeness (QED) is 0.496. The molecule has 0 bridgehead atoms. The highest BCUT2D eigenvalue weighted by molar-refractivity contribution is 5.71. The van der Waals surface area contributed by atoms with Gasteiger partial charge in [0.15, 0.2) is 0 Å². The molecule has 144 valence electrons. The van der Waals surface area contributed by atoms with Crippen LogP contribution in [0.2, 0.25) is 0 Å². The van der Waals surface area contributed by atoms with Gasteiger partial charge in [-0.2, -0.15) is 9.97 Å². The fraction of sp³-hybridized carbons (Fsp3) is 0.444. The van der Waals surface area contributed by atoms with Crippen LogP contribution in [0.15, 0.2) is 30.3 Å². The summed E-state index contributed by atoms with van der Waals surface area (Å²) in [7, 11) is 0. The summed E-state index contributed by atoms with van der Waals surface area (Å²) in [5, 5.41) is 23.2. The minimum atomic E-state index is -0.531. The molecule has 27 heavy (non-hydrogen) atoms. The maximum atomic E-state index is 11.5. The lowest BCUT2D eigenvalue weighted by molar-refractivity contribution is -0.383. The second-order valence-electron chi connectivity index (χ2n) is 6.63. The summed E-state index contributed by atoms with van der Waals surface area (Å²) in [6.45, 7) is 1.50. The standard InChI is InChI=1S/C18H24N6O3/c19-16-15(24(26)27)17(22-18(21-16)20-8-11-25)23-9-6-14(7-10-23)12-13-4-2-1-3-5-13/h1-5,14,25H,6-12H2,(H3,19,20,21,22). The van der Waals surface area contributed by atoms with Crippen molar-refractivity contribution in [3.8, 4) is 0 Å². The second kappa shape index (κ2) is 8.63. The van der Waals surface area contributed by atoms with Crippen molar-refractivity contribution >= 4 is 23.3 Å². The van der Waals surface area contributed by atoms with Gasteiger partial charge < -0.3 is 21.1 Å². The molecule has 0 aliphatic carbocycles. The number of anilines is 3. The normalized spacial score (nSPS) is 14.9. The second-order valence-corrected chi connectivity index (χ2v) is 6.63. The van der Waals surface area contributed by atoms with Gasteiger partial charge in [-0.3, -0.25) is 10.1 Å². The topological polar surface area (TPSA) is 130 Å². The van der Waals surface area contributed by atoms with Gasteiger partial charge in [-0.15, -0.1) is 0 Å². The van der Waals surface area contributed by atoms with E-state index >= 15 is 0 Å². The molecule has 0 amide bonds. The van der Waals surface area contributed by atoms with Gasteiger partial charge in [-0.05, 0) is 30.7 Å². The fourth-order valence-electron chi connectivity index (χ4n) is 3.40. The van der Waals surface area contributed by atoms with Gasteiger partial charge in [-0.1, -0.05) is 30.3 Å². The number of aliphatic hydroxyl groups is 1. The zero-order valence-electron chi connectivity index (χ0n) is 15.0. The number of nitrogen functional groups attached to an aromatic ring is 1. The van der Waals surface area contributed by atoms with Crippen LogP contribution in [0.3, 0.4) is 0 Å². The Hall–Kier alpha value is -2.94. The van der Waals surface area contributed by atoms with E-state index < -0.39 is 4.92 Å². The largest absolute Gasteiger partial charge is 0.395 e. The average molecular weight is 372 g/mol. The van der Waals surface area contributed by atoms with E-state index in [2.05, 4.69) is 27.4 Å². The number of nitro groups is 1. The number of hydrogen-bond donors (Lipinski definition) is 3. The number of aliphatic hydroxyl groups excluding tert-OH is 1. The van der Waals surface area contributed by atoms with Crippen molar-refractivity contribution < 1.29 is 10.0 Å². The zero-order chi connectivity index (χ0) is 19.2. The highest BCUT2D eigenvalue weighted by Crippen LogP contribution is 2.34. The predicted octanol–water partition coefficient (Wildman–Crippen LogP) is 1.83. The number of benzene rings is 1. The molecule has 3 rings (SSSR count). The molecule has 0 atom stereocenters. The molecule has 9 nitrogen and oxygen atoms in total. The first-order valence-electron chi connectivity index (χ1n) is 9.04. The Morgan fingerprint density at radius 2 is 1.96 bits per heavy atom. The number of rotatable bonds is 7. The monoisotopic (exact) mass is 372 g/mol. The summed E-state index contributed by atoms with van der Waals surface area (Å²) in [4.78, 5) is 21.1. The minimum absolute atomic E-state index is 0.0968. The molecule has 2 aromatic rings. The van der Waals surface area contributed by atoms with Crippen molar-refractivity contribution in [2.45, 2.75) is 19.3 Å². The van der Waals surface area contributed by atoms with Gasteiger partial charge in [0, 0.05) is 19.6 Å². The molecule has 0 spiro atoms. The Morgan fingerprint density at radius 1 is 1.26 bits per heavy atom. The smallest absolute Gasteiger partial charge is 0.353 e. The van der Waals surface area contributed by atoms with E-state index in [4.69, 9.17) is 10.8 Å². The van der Waals surface area contributed by atoms with E-state index in [0.717, 1.165) is 19.3 Å². The van der Waals surface area contributed by atoms with Crippen molar-refractivity contribution in [2.75, 3.05) is 42.2 Å². The van der Waals surface area contributed by atoms with E-state index in [1.54, 1.807) is 0 Å². The van der Waals surface area contributed by atoms with Gasteiger partial charge in [-0.25, -0.2) is 0 Å². The molecule has 1 fully saturated rings. The molecule has 0 radical (unpaired) electrons. The number of hydrogen-bond acceptors (Lipinski definition) is 8. The van der Waals surface area contributed by atoms with E-state index in [0.29, 0.717) is 19.0 Å². The summed E-state index contributed by atoms with van der Waals surface area (Å²) in [6.07, 6.45) is 2.86. The molecule has 2 heterocycles. The number of nitrogens with one attached hydrogen (secondary N) is 1. The van der Waals surface area contributed by atoms with Crippen LogP contribution in [-0.4, -0.2) is 46.2 Å². The number of piperidine rings is 1. The lowest BCUT2D eigenvalue weighted by Crippen LogP contribution is -2.35. The first-order valence-corrected chi connectivity index (χ1v) is 9.04. The molecule has 0 unspecified atom stereocenters.